The lowest BCUT2D eigenvalue weighted by Crippen LogP contribution is -2.33. The summed E-state index contributed by atoms with van der Waals surface area (Å²) in [5.74, 6) is -5.98. The van der Waals surface area contributed by atoms with Crippen LogP contribution in [0.15, 0.2) is 47.9 Å². The van der Waals surface area contributed by atoms with Gasteiger partial charge < -0.3 is 39.0 Å². The van der Waals surface area contributed by atoms with Gasteiger partial charge in [0.05, 0.1) is 6.61 Å². The van der Waals surface area contributed by atoms with E-state index in [1.807, 2.05) is 30.3 Å². The fraction of sp³-hybridized carbons (Fsp3) is 0.333. The Balaban J connectivity index is 1.67. The monoisotopic (exact) mass is 472 g/mol. The van der Waals surface area contributed by atoms with E-state index in [-0.39, 0.29) is 24.5 Å². The zero-order chi connectivity index (χ0) is 24.6. The number of ether oxygens (including phenoxy) is 5. The first-order valence-electron chi connectivity index (χ1n) is 10.5. The lowest BCUT2D eigenvalue weighted by atomic mass is 10.1. The number of hydrogen-bond donors (Lipinski definition) is 3. The Morgan fingerprint density at radius 3 is 2.50 bits per heavy atom. The number of carbonyl (C=O) groups excluding carboxylic acids is 2. The zero-order valence-electron chi connectivity index (χ0n) is 18.7. The van der Waals surface area contributed by atoms with E-state index in [1.54, 1.807) is 13.8 Å². The Bertz CT molecular complexity index is 1150. The van der Waals surface area contributed by atoms with Gasteiger partial charge >= 0.3 is 11.9 Å². The molecule has 0 aliphatic carbocycles. The molecule has 0 bridgehead atoms. The van der Waals surface area contributed by atoms with Crippen molar-refractivity contribution in [1.82, 2.24) is 0 Å². The van der Waals surface area contributed by atoms with E-state index in [0.29, 0.717) is 0 Å². The van der Waals surface area contributed by atoms with Crippen LogP contribution in [0, 0.1) is 6.92 Å². The van der Waals surface area contributed by atoms with Gasteiger partial charge in [0.2, 0.25) is 5.75 Å². The van der Waals surface area contributed by atoms with Crippen LogP contribution in [0.3, 0.4) is 0 Å². The van der Waals surface area contributed by atoms with Crippen LogP contribution >= 0.6 is 0 Å². The van der Waals surface area contributed by atoms with Crippen molar-refractivity contribution in [1.29, 1.82) is 0 Å². The first kappa shape index (κ1) is 23.4. The van der Waals surface area contributed by atoms with Gasteiger partial charge in [0.15, 0.2) is 29.1 Å². The maximum absolute atomic E-state index is 12.9. The Kier molecular flexibility index (Phi) is 6.11. The second kappa shape index (κ2) is 8.88. The number of cyclic esters (lactones) is 1. The van der Waals surface area contributed by atoms with Gasteiger partial charge in [-0.2, -0.15) is 0 Å². The summed E-state index contributed by atoms with van der Waals surface area (Å²) in [6.07, 6.45) is -1.75. The van der Waals surface area contributed by atoms with Crippen molar-refractivity contribution in [3.05, 3.63) is 64.6 Å². The molecule has 0 unspecified atom stereocenters. The number of aromatic hydroxyl groups is 3. The van der Waals surface area contributed by atoms with Gasteiger partial charge in [-0.3, -0.25) is 0 Å². The van der Waals surface area contributed by atoms with Crippen LogP contribution in [0.5, 0.6) is 17.2 Å². The van der Waals surface area contributed by atoms with Gasteiger partial charge in [0.1, 0.15) is 18.3 Å². The molecule has 1 fully saturated rings. The molecular weight excluding hydrogens is 448 g/mol. The van der Waals surface area contributed by atoms with Gasteiger partial charge in [-0.25, -0.2) is 9.59 Å². The Morgan fingerprint density at radius 2 is 1.85 bits per heavy atom. The Labute approximate surface area is 194 Å². The summed E-state index contributed by atoms with van der Waals surface area (Å²) < 4.78 is 28.0. The van der Waals surface area contributed by atoms with Crippen LogP contribution in [0.25, 0.3) is 0 Å². The van der Waals surface area contributed by atoms with Gasteiger partial charge in [0.25, 0.3) is 5.76 Å². The number of esters is 2. The van der Waals surface area contributed by atoms with Crippen LogP contribution < -0.4 is 0 Å². The third kappa shape index (κ3) is 4.50. The smallest absolute Gasteiger partial charge is 0.378 e. The molecule has 1 saturated heterocycles. The average molecular weight is 472 g/mol. The molecule has 2 heterocycles. The third-order valence-corrected chi connectivity index (χ3v) is 5.36. The van der Waals surface area contributed by atoms with Crippen molar-refractivity contribution in [2.75, 3.05) is 6.61 Å². The molecule has 2 atom stereocenters. The molecule has 3 N–H and O–H groups in total. The predicted molar refractivity (Wildman–Crippen MR) is 115 cm³/mol. The maximum atomic E-state index is 12.9. The highest BCUT2D eigenvalue weighted by molar-refractivity contribution is 6.00. The molecule has 10 nitrogen and oxygen atoms in total. The Morgan fingerprint density at radius 1 is 1.15 bits per heavy atom. The van der Waals surface area contributed by atoms with Crippen LogP contribution in [0.2, 0.25) is 0 Å². The second-order valence-corrected chi connectivity index (χ2v) is 8.34. The molecule has 2 aromatic carbocycles. The van der Waals surface area contributed by atoms with E-state index in [9.17, 15) is 24.9 Å². The summed E-state index contributed by atoms with van der Waals surface area (Å²) in [6.45, 7) is 4.99. The van der Waals surface area contributed by atoms with E-state index in [0.717, 1.165) is 11.6 Å². The van der Waals surface area contributed by atoms with E-state index >= 15 is 0 Å². The SMILES string of the molecule is Cc1cc(O)c(O)c(O)c1C(=O)OC1=C(OCc2ccccc2)[C@@H]([C@@H]2COC(C)(C)O2)OC1=O. The summed E-state index contributed by atoms with van der Waals surface area (Å²) in [5, 5.41) is 29.6. The molecule has 180 valence electrons. The number of hydrogen-bond acceptors (Lipinski definition) is 10. The lowest BCUT2D eigenvalue weighted by molar-refractivity contribution is -0.163. The van der Waals surface area contributed by atoms with Crippen molar-refractivity contribution in [2.24, 2.45) is 0 Å². The molecule has 0 amide bonds. The van der Waals surface area contributed by atoms with Crippen molar-refractivity contribution in [3.8, 4) is 17.2 Å². The second-order valence-electron chi connectivity index (χ2n) is 8.34. The highest BCUT2D eigenvalue weighted by atomic mass is 16.8. The molecule has 0 spiro atoms. The number of carbonyl (C=O) groups is 2. The minimum Gasteiger partial charge on any atom is -0.504 e. The first-order valence-corrected chi connectivity index (χ1v) is 10.5. The number of aryl methyl sites for hydroxylation is 1. The molecule has 0 aromatic heterocycles. The maximum Gasteiger partial charge on any atom is 0.378 e. The van der Waals surface area contributed by atoms with Gasteiger partial charge in [0, 0.05) is 0 Å². The van der Waals surface area contributed by atoms with Crippen molar-refractivity contribution >= 4 is 11.9 Å². The zero-order valence-corrected chi connectivity index (χ0v) is 18.7. The predicted octanol–water partition coefficient (Wildman–Crippen LogP) is 2.77. The normalized spacial score (nSPS) is 21.4. The third-order valence-electron chi connectivity index (χ3n) is 5.36. The van der Waals surface area contributed by atoms with Gasteiger partial charge in [-0.1, -0.05) is 30.3 Å². The standard InChI is InChI=1S/C24H24O10/c1-12-9-14(25)17(26)18(27)16(12)22(28)33-21-20(30-10-13-7-5-4-6-8-13)19(32-23(21)29)15-11-31-24(2,3)34-15/h4-9,15,19,25-27H,10-11H2,1-3H3/t15-,19+/m0/s1. The van der Waals surface area contributed by atoms with Gasteiger partial charge in [-0.05, 0) is 38.0 Å². The summed E-state index contributed by atoms with van der Waals surface area (Å²) >= 11 is 0. The van der Waals surface area contributed by atoms with Crippen molar-refractivity contribution < 1.29 is 48.6 Å². The van der Waals surface area contributed by atoms with Gasteiger partial charge in [-0.15, -0.1) is 0 Å². The topological polar surface area (TPSA) is 141 Å². The van der Waals surface area contributed by atoms with Crippen molar-refractivity contribution in [3.63, 3.8) is 0 Å². The fourth-order valence-electron chi connectivity index (χ4n) is 3.71. The van der Waals surface area contributed by atoms with Crippen LogP contribution in [-0.4, -0.2) is 51.9 Å². The highest BCUT2D eigenvalue weighted by Gasteiger charge is 2.49. The summed E-state index contributed by atoms with van der Waals surface area (Å²) in [6, 6.07) is 10.2. The van der Waals surface area contributed by atoms with Crippen LogP contribution in [-0.2, 0) is 35.1 Å². The summed E-state index contributed by atoms with van der Waals surface area (Å²) in [5.41, 5.74) is 0.477. The molecule has 2 aromatic rings. The minimum absolute atomic E-state index is 0.0472. The molecule has 0 saturated carbocycles. The first-order chi connectivity index (χ1) is 16.1. The molecule has 2 aliphatic rings. The molecular formula is C24H24O10. The number of phenolic OH excluding ortho intramolecular Hbond substituents is 3. The summed E-state index contributed by atoms with van der Waals surface area (Å²) in [7, 11) is 0. The quantitative estimate of drug-likeness (QED) is 0.424. The summed E-state index contributed by atoms with van der Waals surface area (Å²) in [4.78, 5) is 25.6. The molecule has 4 rings (SSSR count). The van der Waals surface area contributed by atoms with Crippen LogP contribution in [0.4, 0.5) is 0 Å². The lowest BCUT2D eigenvalue weighted by Gasteiger charge is -2.22. The van der Waals surface area contributed by atoms with Crippen LogP contribution in [0.1, 0.15) is 35.3 Å². The fourth-order valence-corrected chi connectivity index (χ4v) is 3.71. The molecule has 10 heteroatoms. The van der Waals surface area contributed by atoms with E-state index < -0.39 is 58.5 Å². The average Bonchev–Trinajstić information content (AvgIpc) is 3.30. The highest BCUT2D eigenvalue weighted by Crippen LogP contribution is 2.41. The largest absolute Gasteiger partial charge is 0.504 e. The number of rotatable bonds is 6. The number of phenols is 3. The molecule has 34 heavy (non-hydrogen) atoms. The van der Waals surface area contributed by atoms with Crippen molar-refractivity contribution in [2.45, 2.75) is 45.4 Å². The van der Waals surface area contributed by atoms with E-state index in [1.165, 1.54) is 6.92 Å². The number of benzene rings is 2. The van der Waals surface area contributed by atoms with E-state index in [4.69, 9.17) is 23.7 Å². The van der Waals surface area contributed by atoms with E-state index in [2.05, 4.69) is 0 Å². The molecule has 0 radical (unpaired) electrons. The minimum atomic E-state index is -1.15. The molecule has 2 aliphatic heterocycles. The Hall–Kier alpha value is -3.76.